The summed E-state index contributed by atoms with van der Waals surface area (Å²) in [6.07, 6.45) is -1.13. The lowest BCUT2D eigenvalue weighted by molar-refractivity contribution is 0.00933. The second-order valence-electron chi connectivity index (χ2n) is 2.64. The summed E-state index contributed by atoms with van der Waals surface area (Å²) in [5, 5.41) is 17.5. The quantitative estimate of drug-likeness (QED) is 0.678. The Morgan fingerprint density at radius 3 is 3.14 bits per heavy atom. The second kappa shape index (κ2) is 5.36. The van der Waals surface area contributed by atoms with Crippen LogP contribution >= 0.6 is 0 Å². The van der Waals surface area contributed by atoms with E-state index in [4.69, 9.17) is 13.0 Å². The highest BCUT2D eigenvalue weighted by Crippen LogP contribution is 2.01. The smallest absolute Gasteiger partial charge is 0.338 e. The Hall–Kier alpha value is -1.39. The second-order valence-corrected chi connectivity index (χ2v) is 2.64. The van der Waals surface area contributed by atoms with Gasteiger partial charge in [-0.05, 0) is 12.1 Å². The molecule has 2 N–H and O–H groups in total. The van der Waals surface area contributed by atoms with Crippen molar-refractivity contribution < 1.29 is 22.5 Å². The first-order valence-electron chi connectivity index (χ1n) is 5.08. The van der Waals surface area contributed by atoms with Crippen LogP contribution in [-0.4, -0.2) is 35.5 Å². The zero-order chi connectivity index (χ0) is 12.1. The van der Waals surface area contributed by atoms with E-state index < -0.39 is 18.7 Å². The normalized spacial score (nSPS) is 14.1. The van der Waals surface area contributed by atoms with E-state index in [1.54, 1.807) is 0 Å². The molecule has 0 fully saturated rings. The van der Waals surface area contributed by atoms with E-state index in [0.717, 1.165) is 0 Å². The zero-order valence-electron chi connectivity index (χ0n) is 9.43. The predicted molar refractivity (Wildman–Crippen MR) is 49.8 cm³/mol. The number of aliphatic hydroxyl groups is 2. The molecule has 4 nitrogen and oxygen atoms in total. The van der Waals surface area contributed by atoms with Gasteiger partial charge in [0.2, 0.25) is 0 Å². The average Bonchev–Trinajstić information content (AvgIpc) is 2.29. The minimum absolute atomic E-state index is 0.0300. The molecule has 0 saturated carbocycles. The number of carbonyl (C=O) groups is 1. The van der Waals surface area contributed by atoms with Crippen LogP contribution in [0, 0.1) is 0 Å². The molecule has 0 saturated heterocycles. The lowest BCUT2D eigenvalue weighted by Crippen LogP contribution is -2.21. The van der Waals surface area contributed by atoms with Crippen LogP contribution in [0.25, 0.3) is 0 Å². The third-order valence-corrected chi connectivity index (χ3v) is 1.49. The van der Waals surface area contributed by atoms with Crippen molar-refractivity contribution in [3.05, 3.63) is 35.8 Å². The molecule has 0 heterocycles. The third kappa shape index (κ3) is 3.16. The Bertz CT molecular complexity index is 381. The van der Waals surface area contributed by atoms with E-state index >= 15 is 0 Å². The molecule has 0 aliphatic heterocycles. The number of benzene rings is 1. The summed E-state index contributed by atoms with van der Waals surface area (Å²) in [6, 6.07) is 3.94. The van der Waals surface area contributed by atoms with E-state index in [2.05, 4.69) is 4.74 Å². The van der Waals surface area contributed by atoms with Gasteiger partial charge in [0.05, 0.1) is 14.9 Å². The standard InChI is InChI=1S/C10H12O4/c11-6-9(12)7-14-10(13)8-4-2-1-3-5-8/h1-5,9,11-12H,6-7H2/i2D,4D. The number of carbonyl (C=O) groups excluding carboxylic acids is 1. The largest absolute Gasteiger partial charge is 0.459 e. The van der Waals surface area contributed by atoms with Crippen molar-refractivity contribution in [2.75, 3.05) is 13.2 Å². The fraction of sp³-hybridized carbons (Fsp3) is 0.300. The molecule has 0 radical (unpaired) electrons. The summed E-state index contributed by atoms with van der Waals surface area (Å²) in [7, 11) is 0. The maximum atomic E-state index is 11.4. The topological polar surface area (TPSA) is 66.8 Å². The first kappa shape index (κ1) is 7.96. The van der Waals surface area contributed by atoms with Crippen molar-refractivity contribution in [1.29, 1.82) is 0 Å². The van der Waals surface area contributed by atoms with Crippen LogP contribution in [0.15, 0.2) is 30.3 Å². The molecule has 1 rings (SSSR count). The fourth-order valence-electron chi connectivity index (χ4n) is 0.775. The monoisotopic (exact) mass is 198 g/mol. The number of hydrogen-bond donors (Lipinski definition) is 2. The molecule has 1 atom stereocenters. The van der Waals surface area contributed by atoms with E-state index in [1.807, 2.05) is 0 Å². The van der Waals surface area contributed by atoms with Crippen LogP contribution in [0.2, 0.25) is 0 Å². The molecule has 0 amide bonds. The summed E-state index contributed by atoms with van der Waals surface area (Å²) in [5.41, 5.74) is -0.0300. The number of hydrogen-bond acceptors (Lipinski definition) is 4. The third-order valence-electron chi connectivity index (χ3n) is 1.49. The first-order chi connectivity index (χ1) is 7.56. The number of rotatable bonds is 4. The zero-order valence-corrected chi connectivity index (χ0v) is 7.43. The molecule has 0 spiro atoms. The molecule has 14 heavy (non-hydrogen) atoms. The van der Waals surface area contributed by atoms with Crippen molar-refractivity contribution in [2.24, 2.45) is 0 Å². The van der Waals surface area contributed by atoms with Gasteiger partial charge in [-0.2, -0.15) is 0 Å². The molecular formula is C10H12O4. The van der Waals surface area contributed by atoms with Crippen LogP contribution in [0.3, 0.4) is 0 Å². The molecule has 1 aromatic carbocycles. The SMILES string of the molecule is [2H]c1cccc(C(=O)OCC(O)CO)c1[2H]. The number of aliphatic hydroxyl groups excluding tert-OH is 2. The van der Waals surface area contributed by atoms with Crippen LogP contribution in [-0.2, 0) is 4.74 Å². The van der Waals surface area contributed by atoms with Crippen LogP contribution in [0.5, 0.6) is 0 Å². The molecule has 0 aliphatic rings. The average molecular weight is 198 g/mol. The van der Waals surface area contributed by atoms with Gasteiger partial charge in [0.15, 0.2) is 0 Å². The van der Waals surface area contributed by atoms with Crippen LogP contribution in [0.1, 0.15) is 13.1 Å². The maximum absolute atomic E-state index is 11.4. The van der Waals surface area contributed by atoms with Gasteiger partial charge in [-0.25, -0.2) is 4.79 Å². The lowest BCUT2D eigenvalue weighted by Gasteiger charge is -2.07. The van der Waals surface area contributed by atoms with Gasteiger partial charge in [0.1, 0.15) is 12.7 Å². The Morgan fingerprint density at radius 2 is 2.43 bits per heavy atom. The number of esters is 1. The predicted octanol–water partition coefficient (Wildman–Crippen LogP) is 0.197. The molecule has 1 aromatic rings. The van der Waals surface area contributed by atoms with Crippen LogP contribution in [0.4, 0.5) is 0 Å². The molecule has 4 heteroatoms. The fourth-order valence-corrected chi connectivity index (χ4v) is 0.775. The summed E-state index contributed by atoms with van der Waals surface area (Å²) in [4.78, 5) is 11.4. The molecular weight excluding hydrogens is 184 g/mol. The van der Waals surface area contributed by atoms with Gasteiger partial charge >= 0.3 is 5.97 Å². The van der Waals surface area contributed by atoms with Gasteiger partial charge in [-0.1, -0.05) is 18.2 Å². The lowest BCUT2D eigenvalue weighted by atomic mass is 10.2. The van der Waals surface area contributed by atoms with Crippen molar-refractivity contribution in [3.8, 4) is 0 Å². The van der Waals surface area contributed by atoms with Crippen molar-refractivity contribution in [2.45, 2.75) is 6.10 Å². The Balaban J connectivity index is 2.70. The van der Waals surface area contributed by atoms with Gasteiger partial charge in [-0.15, -0.1) is 0 Å². The van der Waals surface area contributed by atoms with Gasteiger partial charge < -0.3 is 14.9 Å². The molecule has 0 aliphatic carbocycles. The van der Waals surface area contributed by atoms with E-state index in [1.165, 1.54) is 18.2 Å². The van der Waals surface area contributed by atoms with E-state index in [9.17, 15) is 4.79 Å². The van der Waals surface area contributed by atoms with Gasteiger partial charge in [-0.3, -0.25) is 0 Å². The minimum Gasteiger partial charge on any atom is -0.459 e. The highest BCUT2D eigenvalue weighted by atomic mass is 16.5. The highest BCUT2D eigenvalue weighted by molar-refractivity contribution is 5.89. The van der Waals surface area contributed by atoms with E-state index in [0.29, 0.717) is 0 Å². The first-order valence-corrected chi connectivity index (χ1v) is 4.08. The summed E-state index contributed by atoms with van der Waals surface area (Å²) in [5.74, 6) is -0.786. The van der Waals surface area contributed by atoms with Gasteiger partial charge in [0.25, 0.3) is 0 Å². The molecule has 0 aromatic heterocycles. The minimum atomic E-state index is -1.13. The Labute approximate surface area is 84.6 Å². The molecule has 0 bridgehead atoms. The summed E-state index contributed by atoms with van der Waals surface area (Å²) >= 11 is 0. The summed E-state index contributed by atoms with van der Waals surface area (Å²) in [6.45, 7) is -0.837. The maximum Gasteiger partial charge on any atom is 0.338 e. The van der Waals surface area contributed by atoms with Crippen molar-refractivity contribution >= 4 is 5.97 Å². The molecule has 1 unspecified atom stereocenters. The Kier molecular flexibility index (Phi) is 3.05. The highest BCUT2D eigenvalue weighted by Gasteiger charge is 2.08. The van der Waals surface area contributed by atoms with Crippen molar-refractivity contribution in [1.82, 2.24) is 0 Å². The van der Waals surface area contributed by atoms with Gasteiger partial charge in [0, 0.05) is 0 Å². The number of ether oxygens (including phenoxy) is 1. The van der Waals surface area contributed by atoms with Crippen molar-refractivity contribution in [3.63, 3.8) is 0 Å². The van der Waals surface area contributed by atoms with Crippen LogP contribution < -0.4 is 0 Å². The summed E-state index contributed by atoms with van der Waals surface area (Å²) < 4.78 is 19.4. The molecule has 76 valence electrons. The Morgan fingerprint density at radius 1 is 1.64 bits per heavy atom. The van der Waals surface area contributed by atoms with E-state index in [-0.39, 0.29) is 24.3 Å².